The number of carbonyl (C=O) groups is 1. The van der Waals surface area contributed by atoms with Crippen LogP contribution in [-0.4, -0.2) is 22.4 Å². The van der Waals surface area contributed by atoms with Crippen molar-refractivity contribution in [3.8, 4) is 0 Å². The second-order valence-corrected chi connectivity index (χ2v) is 5.10. The summed E-state index contributed by atoms with van der Waals surface area (Å²) in [6, 6.07) is 7.66. The van der Waals surface area contributed by atoms with Crippen LogP contribution in [-0.2, 0) is 12.8 Å². The molecule has 0 spiro atoms. The number of primary amides is 1. The van der Waals surface area contributed by atoms with Crippen molar-refractivity contribution in [2.75, 3.05) is 11.9 Å². The van der Waals surface area contributed by atoms with Crippen molar-refractivity contribution in [1.82, 2.24) is 9.97 Å². The molecule has 1 amide bonds. The Bertz CT molecular complexity index is 691. The van der Waals surface area contributed by atoms with Gasteiger partial charge in [-0.25, -0.2) is 9.97 Å². The van der Waals surface area contributed by atoms with Crippen LogP contribution >= 0.6 is 11.6 Å². The number of hydrogen-bond acceptors (Lipinski definition) is 5. The average Bonchev–Trinajstić information content (AvgIpc) is 2.57. The molecule has 0 aliphatic rings. The standard InChI is InChI=1S/C15H18ClN5O.C2H6/c1-2-11-13(16)21-15(12(20-11)14(18)22)19-10-5-3-4-9(8-10)6-7-17;1-2/h3-5,8H,2,6-7,17H2,1H3,(H2,18,22)(H,19,21);1-2H3. The van der Waals surface area contributed by atoms with E-state index in [1.165, 1.54) is 0 Å². The van der Waals surface area contributed by atoms with Crippen molar-refractivity contribution in [2.45, 2.75) is 33.6 Å². The number of amides is 1. The average molecular weight is 350 g/mol. The molecule has 0 saturated heterocycles. The number of hydrogen-bond donors (Lipinski definition) is 3. The summed E-state index contributed by atoms with van der Waals surface area (Å²) in [5.74, 6) is -0.404. The first-order valence-electron chi connectivity index (χ1n) is 7.97. The maximum absolute atomic E-state index is 11.6. The first-order valence-corrected chi connectivity index (χ1v) is 8.35. The van der Waals surface area contributed by atoms with E-state index < -0.39 is 5.91 Å². The van der Waals surface area contributed by atoms with Crippen LogP contribution in [0.3, 0.4) is 0 Å². The number of nitrogens with one attached hydrogen (secondary N) is 1. The van der Waals surface area contributed by atoms with Gasteiger partial charge in [0.25, 0.3) is 5.91 Å². The molecule has 1 heterocycles. The van der Waals surface area contributed by atoms with E-state index in [2.05, 4.69) is 15.3 Å². The van der Waals surface area contributed by atoms with Gasteiger partial charge in [-0.15, -0.1) is 0 Å². The van der Waals surface area contributed by atoms with Crippen LogP contribution in [0, 0.1) is 0 Å². The smallest absolute Gasteiger partial charge is 0.271 e. The van der Waals surface area contributed by atoms with Gasteiger partial charge in [0.2, 0.25) is 0 Å². The normalized spacial score (nSPS) is 9.88. The molecule has 0 saturated carbocycles. The van der Waals surface area contributed by atoms with Crippen molar-refractivity contribution in [2.24, 2.45) is 11.5 Å². The molecule has 2 aromatic rings. The fourth-order valence-corrected chi connectivity index (χ4v) is 2.30. The Morgan fingerprint density at radius 2 is 2.00 bits per heavy atom. The fraction of sp³-hybridized carbons (Fsp3) is 0.353. The molecular formula is C17H24ClN5O. The lowest BCUT2D eigenvalue weighted by Gasteiger charge is -2.12. The van der Waals surface area contributed by atoms with E-state index in [0.717, 1.165) is 17.7 Å². The molecule has 0 aliphatic carbocycles. The molecule has 0 atom stereocenters. The van der Waals surface area contributed by atoms with Crippen LogP contribution in [0.2, 0.25) is 5.15 Å². The number of nitrogens with two attached hydrogens (primary N) is 2. The number of rotatable bonds is 6. The number of nitrogens with zero attached hydrogens (tertiary/aromatic N) is 2. The zero-order valence-corrected chi connectivity index (χ0v) is 15.0. The second-order valence-electron chi connectivity index (χ2n) is 4.74. The van der Waals surface area contributed by atoms with E-state index in [1.54, 1.807) is 0 Å². The van der Waals surface area contributed by atoms with Gasteiger partial charge >= 0.3 is 0 Å². The van der Waals surface area contributed by atoms with Crippen molar-refractivity contribution in [1.29, 1.82) is 0 Å². The molecule has 0 bridgehead atoms. The topological polar surface area (TPSA) is 107 Å². The highest BCUT2D eigenvalue weighted by molar-refractivity contribution is 6.30. The largest absolute Gasteiger partial charge is 0.364 e. The van der Waals surface area contributed by atoms with E-state index in [-0.39, 0.29) is 16.7 Å². The quantitative estimate of drug-likeness (QED) is 0.742. The van der Waals surface area contributed by atoms with Crippen molar-refractivity contribution in [3.63, 3.8) is 0 Å². The minimum atomic E-state index is -0.653. The van der Waals surface area contributed by atoms with Gasteiger partial charge in [-0.05, 0) is 37.1 Å². The SMILES string of the molecule is CC.CCc1nc(C(N)=O)c(Nc2cccc(CCN)c2)nc1Cl. The van der Waals surface area contributed by atoms with E-state index in [1.807, 2.05) is 45.0 Å². The Morgan fingerprint density at radius 1 is 1.29 bits per heavy atom. The molecule has 0 unspecified atom stereocenters. The summed E-state index contributed by atoms with van der Waals surface area (Å²) in [5, 5.41) is 3.30. The highest BCUT2D eigenvalue weighted by Gasteiger charge is 2.16. The molecule has 1 aromatic carbocycles. The molecular weight excluding hydrogens is 326 g/mol. The van der Waals surface area contributed by atoms with Crippen molar-refractivity contribution in [3.05, 3.63) is 46.4 Å². The van der Waals surface area contributed by atoms with Gasteiger partial charge in [0, 0.05) is 5.69 Å². The highest BCUT2D eigenvalue weighted by Crippen LogP contribution is 2.22. The number of aromatic nitrogens is 2. The highest BCUT2D eigenvalue weighted by atomic mass is 35.5. The molecule has 1 aromatic heterocycles. The van der Waals surface area contributed by atoms with E-state index >= 15 is 0 Å². The number of anilines is 2. The lowest BCUT2D eigenvalue weighted by molar-refractivity contribution is 0.0996. The molecule has 7 heteroatoms. The van der Waals surface area contributed by atoms with E-state index in [4.69, 9.17) is 23.1 Å². The minimum absolute atomic E-state index is 0.0745. The zero-order valence-electron chi connectivity index (χ0n) is 14.3. The van der Waals surface area contributed by atoms with Crippen LogP contribution in [0.15, 0.2) is 24.3 Å². The molecule has 5 N–H and O–H groups in total. The van der Waals surface area contributed by atoms with Gasteiger partial charge < -0.3 is 16.8 Å². The first kappa shape index (κ1) is 19.9. The lowest BCUT2D eigenvalue weighted by atomic mass is 10.1. The van der Waals surface area contributed by atoms with Gasteiger partial charge in [0.05, 0.1) is 5.69 Å². The molecule has 2 rings (SSSR count). The summed E-state index contributed by atoms with van der Waals surface area (Å²) in [6.07, 6.45) is 1.33. The first-order chi connectivity index (χ1) is 11.5. The summed E-state index contributed by atoms with van der Waals surface area (Å²) < 4.78 is 0. The Hall–Kier alpha value is -2.18. The van der Waals surface area contributed by atoms with Crippen molar-refractivity contribution >= 4 is 29.0 Å². The van der Waals surface area contributed by atoms with Crippen LogP contribution in [0.1, 0.15) is 42.5 Å². The summed E-state index contributed by atoms with van der Waals surface area (Å²) in [5.41, 5.74) is 13.4. The maximum atomic E-state index is 11.6. The summed E-state index contributed by atoms with van der Waals surface area (Å²) in [7, 11) is 0. The van der Waals surface area contributed by atoms with Gasteiger partial charge in [-0.3, -0.25) is 4.79 Å². The van der Waals surface area contributed by atoms with E-state index in [9.17, 15) is 4.79 Å². The lowest BCUT2D eigenvalue weighted by Crippen LogP contribution is -2.18. The van der Waals surface area contributed by atoms with Gasteiger partial charge in [0.1, 0.15) is 0 Å². The summed E-state index contributed by atoms with van der Waals surface area (Å²) in [4.78, 5) is 20.0. The minimum Gasteiger partial charge on any atom is -0.364 e. The third kappa shape index (κ3) is 5.18. The number of aryl methyl sites for hydroxylation is 1. The third-order valence-corrected chi connectivity index (χ3v) is 3.41. The molecule has 130 valence electrons. The zero-order chi connectivity index (χ0) is 18.1. The van der Waals surface area contributed by atoms with Crippen LogP contribution in [0.4, 0.5) is 11.5 Å². The van der Waals surface area contributed by atoms with E-state index in [0.29, 0.717) is 18.7 Å². The molecule has 24 heavy (non-hydrogen) atoms. The number of halogens is 1. The monoisotopic (exact) mass is 349 g/mol. The Morgan fingerprint density at radius 3 is 2.58 bits per heavy atom. The van der Waals surface area contributed by atoms with Gasteiger partial charge in [0.15, 0.2) is 16.7 Å². The third-order valence-electron chi connectivity index (χ3n) is 3.11. The van der Waals surface area contributed by atoms with Gasteiger partial charge in [-0.1, -0.05) is 44.5 Å². The molecule has 0 fully saturated rings. The van der Waals surface area contributed by atoms with Crippen LogP contribution < -0.4 is 16.8 Å². The van der Waals surface area contributed by atoms with Crippen LogP contribution in [0.25, 0.3) is 0 Å². The van der Waals surface area contributed by atoms with Crippen molar-refractivity contribution < 1.29 is 4.79 Å². The van der Waals surface area contributed by atoms with Gasteiger partial charge in [-0.2, -0.15) is 0 Å². The summed E-state index contributed by atoms with van der Waals surface area (Å²) in [6.45, 7) is 6.44. The Balaban J connectivity index is 0.00000139. The number of carbonyl (C=O) groups excluding carboxylic acids is 1. The molecule has 0 aliphatic heterocycles. The fourth-order valence-electron chi connectivity index (χ4n) is 2.04. The predicted octanol–water partition coefficient (Wildman–Crippen LogP) is 3.06. The second kappa shape index (κ2) is 9.85. The Labute approximate surface area is 147 Å². The molecule has 0 radical (unpaired) electrons. The summed E-state index contributed by atoms with van der Waals surface area (Å²) >= 11 is 6.07. The van der Waals surface area contributed by atoms with Crippen LogP contribution in [0.5, 0.6) is 0 Å². The molecule has 6 nitrogen and oxygen atoms in total. The number of benzene rings is 1. The predicted molar refractivity (Wildman–Crippen MR) is 98.8 cm³/mol. The Kier molecular flexibility index (Phi) is 8.15. The maximum Gasteiger partial charge on any atom is 0.271 e.